The highest BCUT2D eigenvalue weighted by molar-refractivity contribution is 7.99. The quantitative estimate of drug-likeness (QED) is 0.448. The van der Waals surface area contributed by atoms with Gasteiger partial charge in [-0.2, -0.15) is 0 Å². The van der Waals surface area contributed by atoms with E-state index >= 15 is 0 Å². The van der Waals surface area contributed by atoms with E-state index in [1.165, 1.54) is 23.3 Å². The molecule has 0 saturated carbocycles. The van der Waals surface area contributed by atoms with Crippen molar-refractivity contribution in [3.05, 3.63) is 45.0 Å². The molecule has 1 atom stereocenters. The molecule has 4 heterocycles. The van der Waals surface area contributed by atoms with E-state index in [1.54, 1.807) is 33.9 Å². The number of furan rings is 1. The Morgan fingerprint density at radius 3 is 3.00 bits per heavy atom. The van der Waals surface area contributed by atoms with Crippen LogP contribution in [-0.2, 0) is 24.1 Å². The third-order valence-electron chi connectivity index (χ3n) is 5.61. The van der Waals surface area contributed by atoms with Crippen molar-refractivity contribution in [1.82, 2.24) is 9.55 Å². The molecule has 0 spiro atoms. The van der Waals surface area contributed by atoms with Crippen molar-refractivity contribution in [2.24, 2.45) is 0 Å². The van der Waals surface area contributed by atoms with Gasteiger partial charge in [0.25, 0.3) is 5.56 Å². The topological polar surface area (TPSA) is 57.3 Å². The maximum Gasteiger partial charge on any atom is 0.263 e. The van der Waals surface area contributed by atoms with Gasteiger partial charge in [-0.3, -0.25) is 9.36 Å². The summed E-state index contributed by atoms with van der Waals surface area (Å²) in [6.45, 7) is 1.27. The van der Waals surface area contributed by atoms with Crippen LogP contribution in [0.4, 0.5) is 0 Å². The van der Waals surface area contributed by atoms with Gasteiger partial charge in [0, 0.05) is 17.2 Å². The van der Waals surface area contributed by atoms with Crippen molar-refractivity contribution in [3.63, 3.8) is 0 Å². The van der Waals surface area contributed by atoms with Gasteiger partial charge in [-0.05, 0) is 62.6 Å². The van der Waals surface area contributed by atoms with Gasteiger partial charge in [0.05, 0.1) is 24.3 Å². The van der Waals surface area contributed by atoms with Gasteiger partial charge >= 0.3 is 0 Å². The van der Waals surface area contributed by atoms with Crippen LogP contribution in [-0.4, -0.2) is 28.0 Å². The predicted octanol–water partition coefficient (Wildman–Crippen LogP) is 4.64. The summed E-state index contributed by atoms with van der Waals surface area (Å²) >= 11 is 3.36. The van der Waals surface area contributed by atoms with Crippen LogP contribution >= 0.6 is 23.1 Å². The molecule has 1 fully saturated rings. The zero-order valence-electron chi connectivity index (χ0n) is 15.8. The molecule has 7 heteroatoms. The first kappa shape index (κ1) is 18.5. The molecular formula is C21H24N2O3S2. The summed E-state index contributed by atoms with van der Waals surface area (Å²) in [5.41, 5.74) is 1.32. The molecule has 3 aromatic rings. The first-order chi connectivity index (χ1) is 13.8. The Labute approximate surface area is 172 Å². The van der Waals surface area contributed by atoms with E-state index in [0.29, 0.717) is 6.54 Å². The average Bonchev–Trinajstić information content (AvgIpc) is 3.37. The van der Waals surface area contributed by atoms with Crippen LogP contribution in [0.15, 0.2) is 32.8 Å². The minimum absolute atomic E-state index is 0.0767. The fourth-order valence-corrected chi connectivity index (χ4v) is 6.50. The highest BCUT2D eigenvalue weighted by atomic mass is 32.2. The lowest BCUT2D eigenvalue weighted by molar-refractivity contribution is 0.0315. The predicted molar refractivity (Wildman–Crippen MR) is 113 cm³/mol. The van der Waals surface area contributed by atoms with Gasteiger partial charge in [0.15, 0.2) is 5.16 Å². The van der Waals surface area contributed by atoms with Gasteiger partial charge in [-0.25, -0.2) is 4.98 Å². The maximum absolute atomic E-state index is 13.5. The maximum atomic E-state index is 13.5. The van der Waals surface area contributed by atoms with Crippen LogP contribution in [0.2, 0.25) is 0 Å². The molecule has 5 nitrogen and oxygen atoms in total. The van der Waals surface area contributed by atoms with Crippen LogP contribution in [0.1, 0.15) is 48.3 Å². The fourth-order valence-electron chi connectivity index (χ4n) is 4.13. The number of ether oxygens (including phenoxy) is 1. The summed E-state index contributed by atoms with van der Waals surface area (Å²) in [6.07, 6.45) is 9.80. The summed E-state index contributed by atoms with van der Waals surface area (Å²) in [7, 11) is 0. The molecule has 0 unspecified atom stereocenters. The smallest absolute Gasteiger partial charge is 0.263 e. The Bertz CT molecular complexity index is 1020. The second-order valence-electron chi connectivity index (χ2n) is 7.56. The van der Waals surface area contributed by atoms with Crippen molar-refractivity contribution >= 4 is 33.3 Å². The number of thiophene rings is 1. The van der Waals surface area contributed by atoms with Crippen LogP contribution in [0.3, 0.4) is 0 Å². The largest absolute Gasteiger partial charge is 0.467 e. The molecule has 2 aliphatic rings. The van der Waals surface area contributed by atoms with E-state index in [-0.39, 0.29) is 11.7 Å². The van der Waals surface area contributed by atoms with Crippen molar-refractivity contribution < 1.29 is 9.15 Å². The van der Waals surface area contributed by atoms with Crippen molar-refractivity contribution in [3.8, 4) is 0 Å². The normalized spacial score (nSPS) is 19.8. The Balaban J connectivity index is 1.55. The minimum atomic E-state index is 0.0767. The Kier molecular flexibility index (Phi) is 5.30. The summed E-state index contributed by atoms with van der Waals surface area (Å²) in [5.74, 6) is 1.62. The lowest BCUT2D eigenvalue weighted by Gasteiger charge is -2.22. The number of rotatable bonds is 5. The van der Waals surface area contributed by atoms with E-state index in [2.05, 4.69) is 0 Å². The monoisotopic (exact) mass is 416 g/mol. The molecule has 148 valence electrons. The average molecular weight is 417 g/mol. The van der Waals surface area contributed by atoms with E-state index in [1.807, 2.05) is 12.1 Å². The molecule has 3 aromatic heterocycles. The summed E-state index contributed by atoms with van der Waals surface area (Å²) in [6, 6.07) is 3.78. The number of hydrogen-bond acceptors (Lipinski definition) is 6. The highest BCUT2D eigenvalue weighted by Gasteiger charge is 2.23. The highest BCUT2D eigenvalue weighted by Crippen LogP contribution is 2.35. The molecule has 0 aromatic carbocycles. The fraction of sp³-hybridized carbons (Fsp3) is 0.524. The van der Waals surface area contributed by atoms with Crippen molar-refractivity contribution in [1.29, 1.82) is 0 Å². The molecule has 0 N–H and O–H groups in total. The second-order valence-corrected chi connectivity index (χ2v) is 9.63. The Hall–Kier alpha value is -1.57. The molecule has 0 radical (unpaired) electrons. The standard InChI is InChI=1S/C21H24N2O3S2/c24-20-18-16-8-1-2-9-17(16)28-19(18)22-21(23(20)12-14-7-5-11-25-14)27-13-15-6-3-4-10-26-15/h5,7,11,15H,1-4,6,8-10,12-13H2/t15-/m0/s1. The van der Waals surface area contributed by atoms with E-state index in [0.717, 1.165) is 65.6 Å². The van der Waals surface area contributed by atoms with E-state index < -0.39 is 0 Å². The number of hydrogen-bond donors (Lipinski definition) is 0. The Morgan fingerprint density at radius 1 is 1.25 bits per heavy atom. The summed E-state index contributed by atoms with van der Waals surface area (Å²) < 4.78 is 13.2. The van der Waals surface area contributed by atoms with Gasteiger partial charge < -0.3 is 9.15 Å². The molecule has 0 bridgehead atoms. The lowest BCUT2D eigenvalue weighted by Crippen LogP contribution is -2.26. The van der Waals surface area contributed by atoms with Crippen LogP contribution < -0.4 is 5.56 Å². The zero-order chi connectivity index (χ0) is 18.9. The number of nitrogens with zero attached hydrogens (tertiary/aromatic N) is 2. The van der Waals surface area contributed by atoms with E-state index in [9.17, 15) is 4.79 Å². The lowest BCUT2D eigenvalue weighted by atomic mass is 9.97. The van der Waals surface area contributed by atoms with Crippen molar-refractivity contribution in [2.75, 3.05) is 12.4 Å². The van der Waals surface area contributed by atoms with Gasteiger partial charge in [-0.1, -0.05) is 11.8 Å². The third-order valence-corrected chi connectivity index (χ3v) is 7.90. The molecular weight excluding hydrogens is 392 g/mol. The van der Waals surface area contributed by atoms with E-state index in [4.69, 9.17) is 14.1 Å². The summed E-state index contributed by atoms with van der Waals surface area (Å²) in [4.78, 5) is 20.7. The first-order valence-electron chi connectivity index (χ1n) is 10.1. The van der Waals surface area contributed by atoms with Crippen LogP contribution in [0.5, 0.6) is 0 Å². The van der Waals surface area contributed by atoms with Crippen LogP contribution in [0, 0.1) is 0 Å². The molecule has 1 aliphatic heterocycles. The first-order valence-corrected chi connectivity index (χ1v) is 11.9. The van der Waals surface area contributed by atoms with Gasteiger partial charge in [-0.15, -0.1) is 11.3 Å². The number of aryl methyl sites for hydroxylation is 2. The molecule has 28 heavy (non-hydrogen) atoms. The van der Waals surface area contributed by atoms with Crippen LogP contribution in [0.25, 0.3) is 10.2 Å². The Morgan fingerprint density at radius 2 is 2.18 bits per heavy atom. The molecule has 1 aliphatic carbocycles. The minimum Gasteiger partial charge on any atom is -0.467 e. The molecule has 0 amide bonds. The zero-order valence-corrected chi connectivity index (χ0v) is 17.4. The van der Waals surface area contributed by atoms with Gasteiger partial charge in [0.2, 0.25) is 0 Å². The van der Waals surface area contributed by atoms with Crippen molar-refractivity contribution in [2.45, 2.75) is 62.8 Å². The number of fused-ring (bicyclic) bond motifs is 3. The second kappa shape index (κ2) is 8.05. The number of aromatic nitrogens is 2. The molecule has 5 rings (SSSR count). The number of thioether (sulfide) groups is 1. The third kappa shape index (κ3) is 3.55. The van der Waals surface area contributed by atoms with Gasteiger partial charge in [0.1, 0.15) is 10.6 Å². The SMILES string of the molecule is O=c1c2c3c(sc2nc(SC[C@@H]2CCCCO2)n1Cc1ccco1)CCCC3. The molecule has 1 saturated heterocycles. The summed E-state index contributed by atoms with van der Waals surface area (Å²) in [5, 5.41) is 1.62.